The van der Waals surface area contributed by atoms with Gasteiger partial charge in [0.25, 0.3) is 0 Å². The van der Waals surface area contributed by atoms with Gasteiger partial charge in [0.1, 0.15) is 5.76 Å². The molecule has 0 bridgehead atoms. The van der Waals surface area contributed by atoms with Crippen molar-refractivity contribution < 1.29 is 9.52 Å². The maximum absolute atomic E-state index is 10.1. The lowest BCUT2D eigenvalue weighted by Gasteiger charge is -2.10. The average molecular weight is 216 g/mol. The van der Waals surface area contributed by atoms with Crippen LogP contribution in [-0.4, -0.2) is 5.11 Å². The van der Waals surface area contributed by atoms with E-state index in [2.05, 4.69) is 13.0 Å². The Morgan fingerprint density at radius 1 is 1.25 bits per heavy atom. The van der Waals surface area contributed by atoms with E-state index < -0.39 is 6.10 Å². The monoisotopic (exact) mass is 216 g/mol. The Bertz CT molecular complexity index is 471. The molecule has 84 valence electrons. The zero-order chi connectivity index (χ0) is 11.5. The molecule has 1 unspecified atom stereocenters. The number of aliphatic hydroxyl groups is 1. The highest BCUT2D eigenvalue weighted by Crippen LogP contribution is 2.21. The van der Waals surface area contributed by atoms with E-state index in [0.29, 0.717) is 6.42 Å². The molecule has 0 radical (unpaired) electrons. The highest BCUT2D eigenvalue weighted by atomic mass is 16.3. The van der Waals surface area contributed by atoms with E-state index in [4.69, 9.17) is 4.42 Å². The summed E-state index contributed by atoms with van der Waals surface area (Å²) in [5.41, 5.74) is 3.23. The summed E-state index contributed by atoms with van der Waals surface area (Å²) >= 11 is 0. The molecule has 0 aliphatic heterocycles. The van der Waals surface area contributed by atoms with Crippen molar-refractivity contribution in [3.8, 4) is 0 Å². The molecule has 0 aliphatic rings. The Kier molecular flexibility index (Phi) is 3.11. The lowest BCUT2D eigenvalue weighted by molar-refractivity contribution is 0.177. The normalized spacial score (nSPS) is 12.7. The van der Waals surface area contributed by atoms with E-state index in [1.807, 2.05) is 31.2 Å². The number of aliphatic hydroxyl groups excluding tert-OH is 1. The zero-order valence-corrected chi connectivity index (χ0v) is 9.60. The second-order valence-electron chi connectivity index (χ2n) is 4.14. The van der Waals surface area contributed by atoms with Crippen LogP contribution in [0.5, 0.6) is 0 Å². The minimum Gasteiger partial charge on any atom is -0.469 e. The first-order valence-corrected chi connectivity index (χ1v) is 5.44. The van der Waals surface area contributed by atoms with Gasteiger partial charge < -0.3 is 9.52 Å². The summed E-state index contributed by atoms with van der Waals surface area (Å²) in [6, 6.07) is 9.99. The number of aryl methyl sites for hydroxylation is 2. The van der Waals surface area contributed by atoms with Crippen LogP contribution in [0, 0.1) is 13.8 Å². The molecule has 0 aliphatic carbocycles. The lowest BCUT2D eigenvalue weighted by Crippen LogP contribution is -2.01. The Labute approximate surface area is 95.5 Å². The number of hydrogen-bond donors (Lipinski definition) is 1. The van der Waals surface area contributed by atoms with Gasteiger partial charge in [-0.1, -0.05) is 24.3 Å². The summed E-state index contributed by atoms with van der Waals surface area (Å²) in [7, 11) is 0. The Hall–Kier alpha value is -1.54. The molecule has 2 rings (SSSR count). The van der Waals surface area contributed by atoms with E-state index in [9.17, 15) is 5.11 Å². The number of furan rings is 1. The molecular weight excluding hydrogens is 200 g/mol. The fraction of sp³-hybridized carbons (Fsp3) is 0.286. The molecule has 1 heterocycles. The van der Waals surface area contributed by atoms with E-state index >= 15 is 0 Å². The third-order valence-electron chi connectivity index (χ3n) is 2.81. The van der Waals surface area contributed by atoms with Crippen LogP contribution in [0.15, 0.2) is 41.0 Å². The molecular formula is C14H16O2. The summed E-state index contributed by atoms with van der Waals surface area (Å²) < 4.78 is 5.19. The molecule has 0 saturated carbocycles. The quantitative estimate of drug-likeness (QED) is 0.854. The Morgan fingerprint density at radius 3 is 2.62 bits per heavy atom. The maximum Gasteiger partial charge on any atom is 0.101 e. The van der Waals surface area contributed by atoms with Gasteiger partial charge in [-0.05, 0) is 31.0 Å². The van der Waals surface area contributed by atoms with Gasteiger partial charge in [0.05, 0.1) is 12.4 Å². The SMILES string of the molecule is Cc1cc(C(O)Cc2ccccc2C)co1. The van der Waals surface area contributed by atoms with Crippen LogP contribution >= 0.6 is 0 Å². The van der Waals surface area contributed by atoms with E-state index in [1.54, 1.807) is 6.26 Å². The van der Waals surface area contributed by atoms with Crippen molar-refractivity contribution in [2.45, 2.75) is 26.4 Å². The molecule has 0 amide bonds. The van der Waals surface area contributed by atoms with Crippen molar-refractivity contribution in [1.29, 1.82) is 0 Å². The first-order valence-electron chi connectivity index (χ1n) is 5.44. The lowest BCUT2D eigenvalue weighted by atomic mass is 10.00. The van der Waals surface area contributed by atoms with Crippen LogP contribution in [0.2, 0.25) is 0 Å². The van der Waals surface area contributed by atoms with Crippen molar-refractivity contribution in [3.05, 3.63) is 59.0 Å². The van der Waals surface area contributed by atoms with Crippen LogP contribution in [0.3, 0.4) is 0 Å². The van der Waals surface area contributed by atoms with Crippen molar-refractivity contribution >= 4 is 0 Å². The fourth-order valence-electron chi connectivity index (χ4n) is 1.80. The van der Waals surface area contributed by atoms with Crippen molar-refractivity contribution in [2.75, 3.05) is 0 Å². The molecule has 16 heavy (non-hydrogen) atoms. The van der Waals surface area contributed by atoms with Gasteiger partial charge in [-0.25, -0.2) is 0 Å². The standard InChI is InChI=1S/C14H16O2/c1-10-5-3-4-6-12(10)8-14(15)13-7-11(2)16-9-13/h3-7,9,14-15H,8H2,1-2H3. The molecule has 0 fully saturated rings. The van der Waals surface area contributed by atoms with E-state index in [1.165, 1.54) is 11.1 Å². The largest absolute Gasteiger partial charge is 0.469 e. The van der Waals surface area contributed by atoms with Gasteiger partial charge in [-0.2, -0.15) is 0 Å². The van der Waals surface area contributed by atoms with E-state index in [0.717, 1.165) is 11.3 Å². The molecule has 0 saturated heterocycles. The fourth-order valence-corrected chi connectivity index (χ4v) is 1.80. The molecule has 2 aromatic rings. The number of hydrogen-bond acceptors (Lipinski definition) is 2. The molecule has 2 nitrogen and oxygen atoms in total. The average Bonchev–Trinajstić information content (AvgIpc) is 2.68. The first-order chi connectivity index (χ1) is 7.66. The van der Waals surface area contributed by atoms with E-state index in [-0.39, 0.29) is 0 Å². The van der Waals surface area contributed by atoms with Crippen molar-refractivity contribution in [3.63, 3.8) is 0 Å². The van der Waals surface area contributed by atoms with Gasteiger partial charge in [0.2, 0.25) is 0 Å². The highest BCUT2D eigenvalue weighted by molar-refractivity contribution is 5.28. The highest BCUT2D eigenvalue weighted by Gasteiger charge is 2.11. The van der Waals surface area contributed by atoms with Gasteiger partial charge in [-0.3, -0.25) is 0 Å². The van der Waals surface area contributed by atoms with Gasteiger partial charge >= 0.3 is 0 Å². The van der Waals surface area contributed by atoms with Crippen LogP contribution in [0.25, 0.3) is 0 Å². The van der Waals surface area contributed by atoms with Crippen molar-refractivity contribution in [1.82, 2.24) is 0 Å². The molecule has 1 aromatic heterocycles. The third-order valence-corrected chi connectivity index (χ3v) is 2.81. The minimum atomic E-state index is -0.487. The Morgan fingerprint density at radius 2 is 2.00 bits per heavy atom. The summed E-state index contributed by atoms with van der Waals surface area (Å²) in [6.07, 6.45) is 1.77. The van der Waals surface area contributed by atoms with Gasteiger partial charge in [-0.15, -0.1) is 0 Å². The summed E-state index contributed by atoms with van der Waals surface area (Å²) in [6.45, 7) is 3.94. The molecule has 1 atom stereocenters. The van der Waals surface area contributed by atoms with Crippen molar-refractivity contribution in [2.24, 2.45) is 0 Å². The van der Waals surface area contributed by atoms with Crippen LogP contribution in [-0.2, 0) is 6.42 Å². The molecule has 1 N–H and O–H groups in total. The molecule has 1 aromatic carbocycles. The Balaban J connectivity index is 2.13. The summed E-state index contributed by atoms with van der Waals surface area (Å²) in [5.74, 6) is 0.832. The second-order valence-corrected chi connectivity index (χ2v) is 4.14. The maximum atomic E-state index is 10.1. The number of benzene rings is 1. The topological polar surface area (TPSA) is 33.4 Å². The second kappa shape index (κ2) is 4.54. The van der Waals surface area contributed by atoms with Gasteiger partial charge in [0, 0.05) is 12.0 Å². The predicted molar refractivity (Wildman–Crippen MR) is 63.3 cm³/mol. The van der Waals surface area contributed by atoms with Gasteiger partial charge in [0.15, 0.2) is 0 Å². The predicted octanol–water partition coefficient (Wildman–Crippen LogP) is 3.17. The molecule has 2 heteroatoms. The number of rotatable bonds is 3. The zero-order valence-electron chi connectivity index (χ0n) is 9.60. The summed E-state index contributed by atoms with van der Waals surface area (Å²) in [5, 5.41) is 10.1. The third kappa shape index (κ3) is 2.34. The molecule has 0 spiro atoms. The minimum absolute atomic E-state index is 0.487. The smallest absolute Gasteiger partial charge is 0.101 e. The first kappa shape index (κ1) is 11.0. The summed E-state index contributed by atoms with van der Waals surface area (Å²) in [4.78, 5) is 0. The van der Waals surface area contributed by atoms with Crippen LogP contribution in [0.4, 0.5) is 0 Å². The van der Waals surface area contributed by atoms with Crippen LogP contribution in [0.1, 0.15) is 28.6 Å². The van der Waals surface area contributed by atoms with Crippen LogP contribution < -0.4 is 0 Å².